The zero-order valence-corrected chi connectivity index (χ0v) is 10.5. The van der Waals surface area contributed by atoms with Crippen molar-refractivity contribution in [1.82, 2.24) is 5.32 Å². The van der Waals surface area contributed by atoms with E-state index in [-0.39, 0.29) is 12.0 Å². The van der Waals surface area contributed by atoms with Crippen molar-refractivity contribution < 1.29 is 9.90 Å². The van der Waals surface area contributed by atoms with Crippen molar-refractivity contribution in [3.63, 3.8) is 0 Å². The number of nitrogens with one attached hydrogen (secondary N) is 1. The summed E-state index contributed by atoms with van der Waals surface area (Å²) < 4.78 is 0. The monoisotopic (exact) mass is 227 g/mol. The molecule has 0 bridgehead atoms. The first-order chi connectivity index (χ1) is 7.63. The molecule has 0 heterocycles. The van der Waals surface area contributed by atoms with Crippen molar-refractivity contribution >= 4 is 5.91 Å². The molecule has 16 heavy (non-hydrogen) atoms. The summed E-state index contributed by atoms with van der Waals surface area (Å²) in [6, 6.07) is 0.375. The largest absolute Gasteiger partial charge is 0.393 e. The lowest BCUT2D eigenvalue weighted by molar-refractivity contribution is -0.123. The molecule has 0 aromatic rings. The van der Waals surface area contributed by atoms with Crippen molar-refractivity contribution in [2.24, 2.45) is 5.92 Å². The van der Waals surface area contributed by atoms with Gasteiger partial charge >= 0.3 is 0 Å². The Morgan fingerprint density at radius 2 is 2.12 bits per heavy atom. The van der Waals surface area contributed by atoms with Crippen LogP contribution < -0.4 is 5.32 Å². The molecule has 1 saturated carbocycles. The van der Waals surface area contributed by atoms with Gasteiger partial charge in [0.25, 0.3) is 0 Å². The van der Waals surface area contributed by atoms with E-state index in [0.29, 0.717) is 24.8 Å². The van der Waals surface area contributed by atoms with E-state index in [9.17, 15) is 4.79 Å². The van der Waals surface area contributed by atoms with Gasteiger partial charge in [-0.15, -0.1) is 0 Å². The molecule has 0 spiro atoms. The maximum atomic E-state index is 11.7. The number of hydrogen-bond acceptors (Lipinski definition) is 2. The fraction of sp³-hybridized carbons (Fsp3) is 0.923. The van der Waals surface area contributed by atoms with Crippen molar-refractivity contribution in [3.8, 4) is 0 Å². The molecule has 0 aromatic carbocycles. The number of aliphatic hydroxyl groups is 1. The third kappa shape index (κ3) is 4.52. The number of hydrogen-bond donors (Lipinski definition) is 2. The molecule has 1 aliphatic rings. The van der Waals surface area contributed by atoms with Crippen LogP contribution >= 0.6 is 0 Å². The molecule has 94 valence electrons. The highest BCUT2D eigenvalue weighted by atomic mass is 16.3. The van der Waals surface area contributed by atoms with E-state index in [1.807, 2.05) is 0 Å². The van der Waals surface area contributed by atoms with Gasteiger partial charge in [0.05, 0.1) is 6.10 Å². The normalized spacial score (nSPS) is 27.4. The fourth-order valence-corrected chi connectivity index (χ4v) is 2.51. The summed E-state index contributed by atoms with van der Waals surface area (Å²) >= 11 is 0. The lowest BCUT2D eigenvalue weighted by Crippen LogP contribution is -2.42. The summed E-state index contributed by atoms with van der Waals surface area (Å²) in [5.41, 5.74) is 0. The molecule has 0 saturated heterocycles. The highest BCUT2D eigenvalue weighted by Gasteiger charge is 2.24. The van der Waals surface area contributed by atoms with Gasteiger partial charge in [-0.2, -0.15) is 0 Å². The topological polar surface area (TPSA) is 49.3 Å². The second-order valence-electron chi connectivity index (χ2n) is 5.01. The van der Waals surface area contributed by atoms with Crippen LogP contribution in [-0.2, 0) is 4.79 Å². The third-order valence-corrected chi connectivity index (χ3v) is 3.57. The van der Waals surface area contributed by atoms with Crippen LogP contribution in [0.5, 0.6) is 0 Å². The van der Waals surface area contributed by atoms with Gasteiger partial charge in [-0.25, -0.2) is 0 Å². The quantitative estimate of drug-likeness (QED) is 0.756. The first-order valence-corrected chi connectivity index (χ1v) is 6.61. The first-order valence-electron chi connectivity index (χ1n) is 6.61. The van der Waals surface area contributed by atoms with Gasteiger partial charge in [0, 0.05) is 12.5 Å². The predicted octanol–water partition coefficient (Wildman–Crippen LogP) is 2.23. The molecular weight excluding hydrogens is 202 g/mol. The van der Waals surface area contributed by atoms with E-state index in [1.54, 1.807) is 6.92 Å². The summed E-state index contributed by atoms with van der Waals surface area (Å²) in [6.07, 6.45) is 6.70. The molecule has 3 heteroatoms. The molecule has 0 radical (unpaired) electrons. The smallest absolute Gasteiger partial charge is 0.220 e. The van der Waals surface area contributed by atoms with Gasteiger partial charge < -0.3 is 10.4 Å². The minimum absolute atomic E-state index is 0.103. The Morgan fingerprint density at radius 1 is 1.44 bits per heavy atom. The summed E-state index contributed by atoms with van der Waals surface area (Å²) in [7, 11) is 0. The highest BCUT2D eigenvalue weighted by Crippen LogP contribution is 2.26. The van der Waals surface area contributed by atoms with Crippen molar-refractivity contribution in [2.75, 3.05) is 0 Å². The van der Waals surface area contributed by atoms with Crippen molar-refractivity contribution in [3.05, 3.63) is 0 Å². The average molecular weight is 227 g/mol. The lowest BCUT2D eigenvalue weighted by Gasteiger charge is -2.31. The molecule has 3 nitrogen and oxygen atoms in total. The molecule has 3 unspecified atom stereocenters. The Labute approximate surface area is 98.6 Å². The standard InChI is InChI=1S/C13H25NO2/c1-3-11-6-4-5-7-12(11)14-13(16)9-8-10(2)15/h10-12,15H,3-9H2,1-2H3,(H,14,16). The predicted molar refractivity (Wildman–Crippen MR) is 65.1 cm³/mol. The summed E-state index contributed by atoms with van der Waals surface area (Å²) in [5, 5.41) is 12.3. The Bertz CT molecular complexity index is 216. The summed E-state index contributed by atoms with van der Waals surface area (Å²) in [5.74, 6) is 0.760. The molecule has 3 atom stereocenters. The summed E-state index contributed by atoms with van der Waals surface area (Å²) in [4.78, 5) is 11.7. The number of rotatable bonds is 5. The molecule has 0 aliphatic heterocycles. The van der Waals surface area contributed by atoms with Crippen LogP contribution in [0.1, 0.15) is 58.8 Å². The highest BCUT2D eigenvalue weighted by molar-refractivity contribution is 5.76. The van der Waals surface area contributed by atoms with Crippen LogP contribution in [0.15, 0.2) is 0 Å². The first kappa shape index (κ1) is 13.5. The van der Waals surface area contributed by atoms with E-state index >= 15 is 0 Å². The molecule has 1 aliphatic carbocycles. The Kier molecular flexibility index (Phi) is 5.81. The number of aliphatic hydroxyl groups excluding tert-OH is 1. The van der Waals surface area contributed by atoms with Crippen molar-refractivity contribution in [2.45, 2.75) is 70.9 Å². The van der Waals surface area contributed by atoms with Gasteiger partial charge in [0.1, 0.15) is 0 Å². The van der Waals surface area contributed by atoms with Gasteiger partial charge in [-0.1, -0.05) is 26.2 Å². The Hall–Kier alpha value is -0.570. The van der Waals surface area contributed by atoms with E-state index in [1.165, 1.54) is 19.3 Å². The van der Waals surface area contributed by atoms with Gasteiger partial charge in [0.2, 0.25) is 5.91 Å². The van der Waals surface area contributed by atoms with Crippen LogP contribution in [0.3, 0.4) is 0 Å². The SMILES string of the molecule is CCC1CCCCC1NC(=O)CCC(C)O. The van der Waals surface area contributed by atoms with Crippen LogP contribution in [0, 0.1) is 5.92 Å². The van der Waals surface area contributed by atoms with Crippen LogP contribution in [0.2, 0.25) is 0 Å². The molecule has 1 amide bonds. The molecule has 1 fully saturated rings. The number of carbonyl (C=O) groups excluding carboxylic acids is 1. The zero-order chi connectivity index (χ0) is 12.0. The van der Waals surface area contributed by atoms with Crippen LogP contribution in [0.25, 0.3) is 0 Å². The number of carbonyl (C=O) groups is 1. The molecule has 1 rings (SSSR count). The maximum Gasteiger partial charge on any atom is 0.220 e. The molecule has 2 N–H and O–H groups in total. The fourth-order valence-electron chi connectivity index (χ4n) is 2.51. The minimum Gasteiger partial charge on any atom is -0.393 e. The van der Waals surface area contributed by atoms with Gasteiger partial charge in [0.15, 0.2) is 0 Å². The van der Waals surface area contributed by atoms with E-state index in [2.05, 4.69) is 12.2 Å². The Balaban J connectivity index is 2.30. The van der Waals surface area contributed by atoms with Crippen molar-refractivity contribution in [1.29, 1.82) is 0 Å². The maximum absolute atomic E-state index is 11.7. The second-order valence-corrected chi connectivity index (χ2v) is 5.01. The van der Waals surface area contributed by atoms with Gasteiger partial charge in [-0.3, -0.25) is 4.79 Å². The van der Waals surface area contributed by atoms with E-state index in [0.717, 1.165) is 12.8 Å². The van der Waals surface area contributed by atoms with Crippen LogP contribution in [0.4, 0.5) is 0 Å². The van der Waals surface area contributed by atoms with E-state index < -0.39 is 0 Å². The van der Waals surface area contributed by atoms with Gasteiger partial charge in [-0.05, 0) is 32.1 Å². The van der Waals surface area contributed by atoms with E-state index in [4.69, 9.17) is 5.11 Å². The molecule has 0 aromatic heterocycles. The zero-order valence-electron chi connectivity index (χ0n) is 10.5. The second kappa shape index (κ2) is 6.89. The average Bonchev–Trinajstić information content (AvgIpc) is 2.27. The Morgan fingerprint density at radius 3 is 2.75 bits per heavy atom. The number of amides is 1. The molecular formula is C13H25NO2. The third-order valence-electron chi connectivity index (χ3n) is 3.57. The summed E-state index contributed by atoms with van der Waals surface area (Å²) in [6.45, 7) is 3.92. The van der Waals surface area contributed by atoms with Crippen LogP contribution in [-0.4, -0.2) is 23.2 Å². The lowest BCUT2D eigenvalue weighted by atomic mass is 9.83. The minimum atomic E-state index is -0.376.